The molecular formula is C21H34N2O4S2. The lowest BCUT2D eigenvalue weighted by Gasteiger charge is -2.29. The second-order valence-electron chi connectivity index (χ2n) is 7.84. The number of rotatable bonds is 16. The van der Waals surface area contributed by atoms with Gasteiger partial charge < -0.3 is 19.6 Å². The standard InChI is InChI=1S/C21H34N2O4S2/c1-20(2,27-16-11-21(3,4)26-15-7-14-24)10-13-22-18(25)9-17-28-29-19-8-5-6-12-23-19/h5-6,8,12,14H,7,9-11,13,15-17H2,1-4H3,(H,22,25). The van der Waals surface area contributed by atoms with Gasteiger partial charge in [-0.2, -0.15) is 0 Å². The second-order valence-corrected chi connectivity index (χ2v) is 10.3. The first-order chi connectivity index (χ1) is 13.7. The van der Waals surface area contributed by atoms with E-state index in [0.29, 0.717) is 32.6 Å². The summed E-state index contributed by atoms with van der Waals surface area (Å²) in [5.74, 6) is 0.797. The molecule has 0 aliphatic heterocycles. The molecule has 0 aliphatic rings. The minimum Gasteiger partial charge on any atom is -0.375 e. The van der Waals surface area contributed by atoms with E-state index in [-0.39, 0.29) is 17.1 Å². The zero-order chi connectivity index (χ0) is 21.6. The van der Waals surface area contributed by atoms with Gasteiger partial charge in [-0.05, 0) is 63.5 Å². The molecule has 1 rings (SSSR count). The fourth-order valence-electron chi connectivity index (χ4n) is 2.32. The van der Waals surface area contributed by atoms with Gasteiger partial charge >= 0.3 is 0 Å². The van der Waals surface area contributed by atoms with Gasteiger partial charge in [0.25, 0.3) is 0 Å². The first-order valence-electron chi connectivity index (χ1n) is 9.93. The van der Waals surface area contributed by atoms with Gasteiger partial charge in [-0.1, -0.05) is 16.9 Å². The molecule has 164 valence electrons. The number of amides is 1. The number of carbonyl (C=O) groups is 2. The van der Waals surface area contributed by atoms with Crippen molar-refractivity contribution in [2.75, 3.05) is 25.5 Å². The van der Waals surface area contributed by atoms with Crippen molar-refractivity contribution < 1.29 is 19.1 Å². The Balaban J connectivity index is 2.11. The van der Waals surface area contributed by atoms with Gasteiger partial charge in [0.1, 0.15) is 11.3 Å². The molecule has 0 atom stereocenters. The van der Waals surface area contributed by atoms with Crippen molar-refractivity contribution in [2.24, 2.45) is 0 Å². The van der Waals surface area contributed by atoms with Crippen LogP contribution >= 0.6 is 21.6 Å². The van der Waals surface area contributed by atoms with Crippen LogP contribution in [0.5, 0.6) is 0 Å². The minimum absolute atomic E-state index is 0.0552. The number of ether oxygens (including phenoxy) is 2. The second kappa shape index (κ2) is 14.0. The summed E-state index contributed by atoms with van der Waals surface area (Å²) >= 11 is 0. The summed E-state index contributed by atoms with van der Waals surface area (Å²) < 4.78 is 11.7. The van der Waals surface area contributed by atoms with Crippen LogP contribution in [0, 0.1) is 0 Å². The number of nitrogens with zero attached hydrogens (tertiary/aromatic N) is 1. The maximum absolute atomic E-state index is 12.0. The van der Waals surface area contributed by atoms with Crippen LogP contribution in [0.3, 0.4) is 0 Å². The van der Waals surface area contributed by atoms with E-state index in [9.17, 15) is 9.59 Å². The molecule has 0 unspecified atom stereocenters. The molecule has 1 N–H and O–H groups in total. The molecular weight excluding hydrogens is 408 g/mol. The molecule has 0 fully saturated rings. The van der Waals surface area contributed by atoms with Crippen LogP contribution in [0.15, 0.2) is 29.4 Å². The molecule has 0 saturated carbocycles. The lowest BCUT2D eigenvalue weighted by atomic mass is 10.0. The molecule has 0 aliphatic carbocycles. The normalized spacial score (nSPS) is 12.0. The van der Waals surface area contributed by atoms with Crippen LogP contribution in [-0.4, -0.2) is 53.9 Å². The maximum atomic E-state index is 12.0. The van der Waals surface area contributed by atoms with E-state index in [4.69, 9.17) is 9.47 Å². The molecule has 1 aromatic rings. The third kappa shape index (κ3) is 13.7. The lowest BCUT2D eigenvalue weighted by molar-refractivity contribution is -0.121. The topological polar surface area (TPSA) is 77.5 Å². The van der Waals surface area contributed by atoms with E-state index < -0.39 is 0 Å². The Morgan fingerprint density at radius 3 is 2.55 bits per heavy atom. The van der Waals surface area contributed by atoms with Crippen LogP contribution in [-0.2, 0) is 19.1 Å². The van der Waals surface area contributed by atoms with Crippen LogP contribution < -0.4 is 5.32 Å². The molecule has 0 aromatic carbocycles. The summed E-state index contributed by atoms with van der Waals surface area (Å²) in [5, 5.41) is 3.92. The highest BCUT2D eigenvalue weighted by Gasteiger charge is 2.22. The number of aromatic nitrogens is 1. The average Bonchev–Trinajstić information content (AvgIpc) is 2.65. The summed E-state index contributed by atoms with van der Waals surface area (Å²) in [7, 11) is 3.22. The van der Waals surface area contributed by atoms with Gasteiger partial charge in [-0.15, -0.1) is 0 Å². The van der Waals surface area contributed by atoms with E-state index in [0.717, 1.165) is 29.9 Å². The van der Waals surface area contributed by atoms with Crippen LogP contribution in [0.4, 0.5) is 0 Å². The van der Waals surface area contributed by atoms with Crippen molar-refractivity contribution >= 4 is 33.8 Å². The van der Waals surface area contributed by atoms with Gasteiger partial charge in [0, 0.05) is 31.3 Å². The molecule has 0 bridgehead atoms. The van der Waals surface area contributed by atoms with Crippen LogP contribution in [0.25, 0.3) is 0 Å². The van der Waals surface area contributed by atoms with Gasteiger partial charge in [0.15, 0.2) is 0 Å². The van der Waals surface area contributed by atoms with Crippen LogP contribution in [0.2, 0.25) is 0 Å². The first kappa shape index (κ1) is 25.9. The lowest BCUT2D eigenvalue weighted by Crippen LogP contribution is -2.35. The van der Waals surface area contributed by atoms with Gasteiger partial charge in [0.05, 0.1) is 24.4 Å². The van der Waals surface area contributed by atoms with E-state index in [2.05, 4.69) is 10.3 Å². The number of carbonyl (C=O) groups excluding carboxylic acids is 2. The van der Waals surface area contributed by atoms with E-state index in [1.807, 2.05) is 45.9 Å². The third-order valence-electron chi connectivity index (χ3n) is 4.17. The van der Waals surface area contributed by atoms with Crippen LogP contribution in [0.1, 0.15) is 53.4 Å². The zero-order valence-electron chi connectivity index (χ0n) is 17.9. The predicted octanol–water partition coefficient (Wildman–Crippen LogP) is 4.29. The summed E-state index contributed by atoms with van der Waals surface area (Å²) in [6.45, 7) is 9.64. The van der Waals surface area contributed by atoms with Crippen molar-refractivity contribution in [1.82, 2.24) is 10.3 Å². The number of hydrogen-bond acceptors (Lipinski definition) is 7. The molecule has 0 saturated heterocycles. The monoisotopic (exact) mass is 442 g/mol. The quantitative estimate of drug-likeness (QED) is 0.232. The molecule has 1 aromatic heterocycles. The van der Waals surface area contributed by atoms with Gasteiger partial charge in [0.2, 0.25) is 5.91 Å². The summed E-state index contributed by atoms with van der Waals surface area (Å²) in [6, 6.07) is 5.80. The van der Waals surface area contributed by atoms with E-state index in [1.54, 1.807) is 27.8 Å². The predicted molar refractivity (Wildman–Crippen MR) is 120 cm³/mol. The number of pyridine rings is 1. The highest BCUT2D eigenvalue weighted by atomic mass is 33.1. The molecule has 0 spiro atoms. The third-order valence-corrected chi connectivity index (χ3v) is 6.44. The van der Waals surface area contributed by atoms with Gasteiger partial charge in [-0.3, -0.25) is 4.79 Å². The maximum Gasteiger partial charge on any atom is 0.220 e. The van der Waals surface area contributed by atoms with E-state index in [1.165, 1.54) is 0 Å². The van der Waals surface area contributed by atoms with E-state index >= 15 is 0 Å². The summed E-state index contributed by atoms with van der Waals surface area (Å²) in [5.41, 5.74) is -0.645. The Bertz CT molecular complexity index is 598. The first-order valence-corrected chi connectivity index (χ1v) is 12.2. The highest BCUT2D eigenvalue weighted by molar-refractivity contribution is 8.76. The summed E-state index contributed by atoms with van der Waals surface area (Å²) in [4.78, 5) is 26.6. The fraction of sp³-hybridized carbons (Fsp3) is 0.667. The number of aldehydes is 1. The zero-order valence-corrected chi connectivity index (χ0v) is 19.6. The fourth-order valence-corrected chi connectivity index (χ4v) is 4.19. The molecule has 0 radical (unpaired) electrons. The Morgan fingerprint density at radius 1 is 1.14 bits per heavy atom. The average molecular weight is 443 g/mol. The van der Waals surface area contributed by atoms with Crippen molar-refractivity contribution in [3.05, 3.63) is 24.4 Å². The minimum atomic E-state index is -0.324. The van der Waals surface area contributed by atoms with Crippen molar-refractivity contribution in [2.45, 2.75) is 69.6 Å². The summed E-state index contributed by atoms with van der Waals surface area (Å²) in [6.07, 6.45) is 5.00. The SMILES string of the molecule is CC(C)(CCNC(=O)CCSSc1ccccn1)OCCC(C)(C)OCCC=O. The largest absolute Gasteiger partial charge is 0.375 e. The van der Waals surface area contributed by atoms with Crippen molar-refractivity contribution in [1.29, 1.82) is 0 Å². The van der Waals surface area contributed by atoms with Gasteiger partial charge in [-0.25, -0.2) is 4.98 Å². The smallest absolute Gasteiger partial charge is 0.220 e. The molecule has 8 heteroatoms. The van der Waals surface area contributed by atoms with Crippen molar-refractivity contribution in [3.63, 3.8) is 0 Å². The Kier molecular flexibility index (Phi) is 12.5. The molecule has 6 nitrogen and oxygen atoms in total. The molecule has 1 amide bonds. The Morgan fingerprint density at radius 2 is 1.86 bits per heavy atom. The highest BCUT2D eigenvalue weighted by Crippen LogP contribution is 2.29. The number of hydrogen-bond donors (Lipinski definition) is 1. The van der Waals surface area contributed by atoms with Crippen molar-refractivity contribution in [3.8, 4) is 0 Å². The Hall–Kier alpha value is -1.09. The molecule has 1 heterocycles. The Labute approximate surface area is 182 Å². The number of nitrogens with one attached hydrogen (secondary N) is 1. The molecule has 29 heavy (non-hydrogen) atoms.